The molecule has 0 bridgehead atoms. The van der Waals surface area contributed by atoms with E-state index in [1.165, 1.54) is 18.3 Å². The van der Waals surface area contributed by atoms with Gasteiger partial charge in [0.1, 0.15) is 5.82 Å². The van der Waals surface area contributed by atoms with Crippen LogP contribution in [-0.2, 0) is 6.61 Å². The van der Waals surface area contributed by atoms with E-state index < -0.39 is 5.82 Å². The fourth-order valence-corrected chi connectivity index (χ4v) is 2.20. The minimum Gasteiger partial charge on any atom is -0.392 e. The Bertz CT molecular complexity index is 604. The van der Waals surface area contributed by atoms with Crippen LogP contribution in [0.3, 0.4) is 0 Å². The van der Waals surface area contributed by atoms with Crippen LogP contribution in [0.25, 0.3) is 11.3 Å². The third-order valence-electron chi connectivity index (χ3n) is 2.37. The van der Waals surface area contributed by atoms with E-state index in [0.717, 1.165) is 6.07 Å². The molecular formula is C12H7Cl3FNO. The lowest BCUT2D eigenvalue weighted by molar-refractivity contribution is 0.282. The summed E-state index contributed by atoms with van der Waals surface area (Å²) in [7, 11) is 0. The number of pyridine rings is 1. The van der Waals surface area contributed by atoms with Crippen LogP contribution in [0, 0.1) is 5.82 Å². The van der Waals surface area contributed by atoms with Crippen molar-refractivity contribution >= 4 is 34.8 Å². The SMILES string of the molecule is OCc1cc(-c2ncc(Cl)cc2Cl)c(F)cc1Cl. The molecule has 0 radical (unpaired) electrons. The van der Waals surface area contributed by atoms with Crippen molar-refractivity contribution in [1.82, 2.24) is 4.98 Å². The topological polar surface area (TPSA) is 33.1 Å². The van der Waals surface area contributed by atoms with Gasteiger partial charge in [-0.1, -0.05) is 34.8 Å². The van der Waals surface area contributed by atoms with Crippen LogP contribution in [0.2, 0.25) is 15.1 Å². The minimum atomic E-state index is -0.561. The molecule has 0 aliphatic heterocycles. The van der Waals surface area contributed by atoms with E-state index in [2.05, 4.69) is 4.98 Å². The van der Waals surface area contributed by atoms with Crippen LogP contribution in [0.15, 0.2) is 24.4 Å². The molecule has 0 amide bonds. The molecule has 1 aromatic heterocycles. The standard InChI is InChI=1S/C12H7Cl3FNO/c13-7-2-10(15)12(17-4-7)8-1-6(5-18)9(14)3-11(8)16/h1-4,18H,5H2. The number of benzene rings is 1. The van der Waals surface area contributed by atoms with Gasteiger partial charge in [0.05, 0.1) is 22.3 Å². The summed E-state index contributed by atoms with van der Waals surface area (Å²) in [5.41, 5.74) is 0.830. The molecule has 0 unspecified atom stereocenters. The van der Waals surface area contributed by atoms with Gasteiger partial charge in [-0.15, -0.1) is 0 Å². The minimum absolute atomic E-state index is 0.156. The third kappa shape index (κ3) is 2.59. The molecule has 0 spiro atoms. The van der Waals surface area contributed by atoms with Crippen molar-refractivity contribution in [3.05, 3.63) is 50.8 Å². The highest BCUT2D eigenvalue weighted by atomic mass is 35.5. The Hall–Kier alpha value is -0.870. The summed E-state index contributed by atoms with van der Waals surface area (Å²) < 4.78 is 13.8. The number of hydrogen-bond acceptors (Lipinski definition) is 2. The van der Waals surface area contributed by atoms with E-state index in [4.69, 9.17) is 39.9 Å². The molecule has 94 valence electrons. The van der Waals surface area contributed by atoms with Crippen LogP contribution in [-0.4, -0.2) is 10.1 Å². The number of aliphatic hydroxyl groups is 1. The highest BCUT2D eigenvalue weighted by Gasteiger charge is 2.14. The Morgan fingerprint density at radius 3 is 2.44 bits per heavy atom. The molecule has 18 heavy (non-hydrogen) atoms. The normalized spacial score (nSPS) is 10.7. The van der Waals surface area contributed by atoms with E-state index in [-0.39, 0.29) is 27.9 Å². The molecule has 0 aliphatic rings. The fourth-order valence-electron chi connectivity index (χ4n) is 1.51. The van der Waals surface area contributed by atoms with E-state index in [1.54, 1.807) is 0 Å². The molecule has 0 atom stereocenters. The van der Waals surface area contributed by atoms with Crippen LogP contribution in [0.5, 0.6) is 0 Å². The zero-order valence-corrected chi connectivity index (χ0v) is 11.2. The summed E-state index contributed by atoms with van der Waals surface area (Å²) in [6.45, 7) is -0.294. The van der Waals surface area contributed by atoms with Gasteiger partial charge in [-0.3, -0.25) is 4.98 Å². The first-order valence-electron chi connectivity index (χ1n) is 4.93. The molecule has 2 rings (SSSR count). The van der Waals surface area contributed by atoms with E-state index in [0.29, 0.717) is 10.6 Å². The number of aromatic nitrogens is 1. The van der Waals surface area contributed by atoms with E-state index in [9.17, 15) is 4.39 Å². The van der Waals surface area contributed by atoms with Crippen molar-refractivity contribution in [2.75, 3.05) is 0 Å². The van der Waals surface area contributed by atoms with Crippen molar-refractivity contribution < 1.29 is 9.50 Å². The summed E-state index contributed by atoms with van der Waals surface area (Å²) in [6.07, 6.45) is 1.37. The van der Waals surface area contributed by atoms with Gasteiger partial charge in [-0.25, -0.2) is 4.39 Å². The second kappa shape index (κ2) is 5.41. The molecule has 1 aromatic carbocycles. The smallest absolute Gasteiger partial charge is 0.134 e. The molecule has 6 heteroatoms. The molecule has 0 aliphatic carbocycles. The molecule has 2 nitrogen and oxygen atoms in total. The third-order valence-corrected chi connectivity index (χ3v) is 3.22. The molecule has 1 N–H and O–H groups in total. The lowest BCUT2D eigenvalue weighted by Crippen LogP contribution is -1.94. The summed E-state index contributed by atoms with van der Waals surface area (Å²) in [6, 6.07) is 4.01. The lowest BCUT2D eigenvalue weighted by Gasteiger charge is -2.08. The summed E-state index contributed by atoms with van der Waals surface area (Å²) in [5, 5.41) is 9.86. The van der Waals surface area contributed by atoms with Crippen LogP contribution < -0.4 is 0 Å². The number of rotatable bonds is 2. The summed E-state index contributed by atoms with van der Waals surface area (Å²) in [5.74, 6) is -0.561. The van der Waals surface area contributed by atoms with Gasteiger partial charge < -0.3 is 5.11 Å². The molecule has 0 saturated carbocycles. The van der Waals surface area contributed by atoms with Gasteiger partial charge in [0.2, 0.25) is 0 Å². The Balaban J connectivity index is 2.63. The molecule has 1 heterocycles. The average Bonchev–Trinajstić information content (AvgIpc) is 2.30. The monoisotopic (exact) mass is 305 g/mol. The first-order valence-corrected chi connectivity index (χ1v) is 6.06. The van der Waals surface area contributed by atoms with Crippen molar-refractivity contribution in [2.45, 2.75) is 6.61 Å². The van der Waals surface area contributed by atoms with Crippen molar-refractivity contribution in [1.29, 1.82) is 0 Å². The van der Waals surface area contributed by atoms with Crippen LogP contribution >= 0.6 is 34.8 Å². The maximum atomic E-state index is 13.8. The number of aliphatic hydroxyl groups excluding tert-OH is 1. The van der Waals surface area contributed by atoms with E-state index >= 15 is 0 Å². The fraction of sp³-hybridized carbons (Fsp3) is 0.0833. The molecule has 0 fully saturated rings. The number of nitrogens with zero attached hydrogens (tertiary/aromatic N) is 1. The van der Waals surface area contributed by atoms with Gasteiger partial charge in [0.25, 0.3) is 0 Å². The molecule has 0 saturated heterocycles. The zero-order valence-electron chi connectivity index (χ0n) is 8.92. The van der Waals surface area contributed by atoms with Crippen molar-refractivity contribution in [3.8, 4) is 11.3 Å². The maximum absolute atomic E-state index is 13.8. The Morgan fingerprint density at radius 1 is 1.11 bits per heavy atom. The Kier molecular flexibility index (Phi) is 4.07. The molecular weight excluding hydrogens is 299 g/mol. The van der Waals surface area contributed by atoms with E-state index in [1.807, 2.05) is 0 Å². The molecule has 2 aromatic rings. The van der Waals surface area contributed by atoms with Crippen LogP contribution in [0.4, 0.5) is 4.39 Å². The van der Waals surface area contributed by atoms with Gasteiger partial charge in [-0.2, -0.15) is 0 Å². The number of hydrogen-bond donors (Lipinski definition) is 1. The first-order chi connectivity index (χ1) is 8.52. The first kappa shape index (κ1) is 13.6. The number of halogens is 4. The second-order valence-corrected chi connectivity index (χ2v) is 4.82. The highest BCUT2D eigenvalue weighted by molar-refractivity contribution is 6.36. The summed E-state index contributed by atoms with van der Waals surface area (Å²) in [4.78, 5) is 3.99. The predicted octanol–water partition coefficient (Wildman–Crippen LogP) is 4.34. The quantitative estimate of drug-likeness (QED) is 0.895. The maximum Gasteiger partial charge on any atom is 0.134 e. The summed E-state index contributed by atoms with van der Waals surface area (Å²) >= 11 is 17.5. The van der Waals surface area contributed by atoms with Crippen molar-refractivity contribution in [3.63, 3.8) is 0 Å². The second-order valence-electron chi connectivity index (χ2n) is 3.57. The average molecular weight is 307 g/mol. The lowest BCUT2D eigenvalue weighted by atomic mass is 10.1. The largest absolute Gasteiger partial charge is 0.392 e. The van der Waals surface area contributed by atoms with Gasteiger partial charge in [-0.05, 0) is 23.8 Å². The van der Waals surface area contributed by atoms with Gasteiger partial charge in [0, 0.05) is 16.8 Å². The predicted molar refractivity (Wildman–Crippen MR) is 70.6 cm³/mol. The Morgan fingerprint density at radius 2 is 1.83 bits per heavy atom. The van der Waals surface area contributed by atoms with Crippen molar-refractivity contribution in [2.24, 2.45) is 0 Å². The van der Waals surface area contributed by atoms with Gasteiger partial charge in [0.15, 0.2) is 0 Å². The van der Waals surface area contributed by atoms with Gasteiger partial charge >= 0.3 is 0 Å². The zero-order chi connectivity index (χ0) is 13.3. The van der Waals surface area contributed by atoms with Crippen LogP contribution in [0.1, 0.15) is 5.56 Å². The Labute approximate surface area is 118 Å². The highest BCUT2D eigenvalue weighted by Crippen LogP contribution is 2.32.